The highest BCUT2D eigenvalue weighted by molar-refractivity contribution is 5.95. The van der Waals surface area contributed by atoms with E-state index in [0.29, 0.717) is 29.9 Å². The van der Waals surface area contributed by atoms with Crippen LogP contribution < -0.4 is 5.56 Å². The van der Waals surface area contributed by atoms with Crippen molar-refractivity contribution in [3.63, 3.8) is 0 Å². The third-order valence-electron chi connectivity index (χ3n) is 6.30. The van der Waals surface area contributed by atoms with Crippen LogP contribution in [0.15, 0.2) is 47.3 Å². The number of aromatic amines is 1. The number of fused-ring (bicyclic) bond motifs is 2. The molecule has 5 rings (SSSR count). The Bertz CT molecular complexity index is 1440. The van der Waals surface area contributed by atoms with Crippen LogP contribution in [0.25, 0.3) is 10.8 Å². The summed E-state index contributed by atoms with van der Waals surface area (Å²) in [5.41, 5.74) is 1.12. The van der Waals surface area contributed by atoms with Crippen molar-refractivity contribution >= 4 is 16.7 Å². The fourth-order valence-corrected chi connectivity index (χ4v) is 4.64. The van der Waals surface area contributed by atoms with E-state index in [1.165, 1.54) is 6.07 Å². The Labute approximate surface area is 189 Å². The van der Waals surface area contributed by atoms with Gasteiger partial charge in [-0.2, -0.15) is 5.10 Å². The Morgan fingerprint density at radius 2 is 1.91 bits per heavy atom. The minimum Gasteiger partial charge on any atom is -0.327 e. The summed E-state index contributed by atoms with van der Waals surface area (Å²) in [7, 11) is 0. The molecule has 2 aromatic heterocycles. The zero-order valence-corrected chi connectivity index (χ0v) is 18.5. The van der Waals surface area contributed by atoms with Gasteiger partial charge in [0.05, 0.1) is 28.7 Å². The maximum atomic E-state index is 14.8. The number of aryl methyl sites for hydroxylation is 1. The summed E-state index contributed by atoms with van der Waals surface area (Å²) in [6, 6.07) is 11.4. The Morgan fingerprint density at radius 3 is 2.70 bits per heavy atom. The van der Waals surface area contributed by atoms with Crippen molar-refractivity contribution in [2.75, 3.05) is 6.54 Å². The van der Waals surface area contributed by atoms with Crippen molar-refractivity contribution in [3.05, 3.63) is 87.1 Å². The van der Waals surface area contributed by atoms with Crippen molar-refractivity contribution in [1.82, 2.24) is 29.9 Å². The third kappa shape index (κ3) is 3.49. The molecule has 0 fully saturated rings. The van der Waals surface area contributed by atoms with E-state index in [-0.39, 0.29) is 29.1 Å². The van der Waals surface area contributed by atoms with Crippen LogP contribution in [-0.2, 0) is 6.42 Å². The molecule has 0 spiro atoms. The van der Waals surface area contributed by atoms with Crippen LogP contribution in [0.5, 0.6) is 0 Å². The molecule has 1 N–H and O–H groups in total. The fourth-order valence-electron chi connectivity index (χ4n) is 4.64. The summed E-state index contributed by atoms with van der Waals surface area (Å²) in [6.45, 7) is 6.18. The second-order valence-corrected chi connectivity index (χ2v) is 8.49. The van der Waals surface area contributed by atoms with Gasteiger partial charge in [0, 0.05) is 18.4 Å². The standard InChI is InChI=1S/C24H23FN6O2/c1-13-12-30(14(2)22-28-26-15(3)31(13)22)24(33)19-10-16(8-9-20(19)25)11-21-17-6-4-5-7-18(17)23(32)29-27-21/h4-10,13-14H,11-12H2,1-3H3,(H,29,32). The Morgan fingerprint density at radius 1 is 1.15 bits per heavy atom. The number of aromatic nitrogens is 5. The minimum atomic E-state index is -0.578. The molecule has 0 aliphatic carbocycles. The van der Waals surface area contributed by atoms with Crippen molar-refractivity contribution in [2.24, 2.45) is 0 Å². The maximum absolute atomic E-state index is 14.8. The number of amides is 1. The predicted molar refractivity (Wildman–Crippen MR) is 120 cm³/mol. The number of rotatable bonds is 3. The van der Waals surface area contributed by atoms with Crippen LogP contribution in [0.2, 0.25) is 0 Å². The van der Waals surface area contributed by atoms with Crippen LogP contribution in [0.4, 0.5) is 4.39 Å². The van der Waals surface area contributed by atoms with E-state index in [1.54, 1.807) is 29.2 Å². The topological polar surface area (TPSA) is 96.8 Å². The number of carbonyl (C=O) groups excluding carboxylic acids is 1. The van der Waals surface area contributed by atoms with Crippen LogP contribution in [0.3, 0.4) is 0 Å². The quantitative estimate of drug-likeness (QED) is 0.521. The van der Waals surface area contributed by atoms with Crippen LogP contribution >= 0.6 is 0 Å². The van der Waals surface area contributed by atoms with Crippen molar-refractivity contribution in [1.29, 1.82) is 0 Å². The molecule has 3 heterocycles. The molecule has 0 radical (unpaired) electrons. The SMILES string of the molecule is Cc1nnc2n1C(C)CN(C(=O)c1cc(Cc3n[nH]c(=O)c4ccccc34)ccc1F)C2C. The van der Waals surface area contributed by atoms with Gasteiger partial charge in [0.1, 0.15) is 11.6 Å². The largest absolute Gasteiger partial charge is 0.327 e. The lowest BCUT2D eigenvalue weighted by atomic mass is 10.0. The van der Waals surface area contributed by atoms with Gasteiger partial charge < -0.3 is 9.47 Å². The summed E-state index contributed by atoms with van der Waals surface area (Å²) < 4.78 is 16.8. The van der Waals surface area contributed by atoms with Crippen molar-refractivity contribution in [2.45, 2.75) is 39.3 Å². The first-order valence-corrected chi connectivity index (χ1v) is 10.8. The number of nitrogens with one attached hydrogen (secondary N) is 1. The van der Waals surface area contributed by atoms with Crippen LogP contribution in [0.1, 0.15) is 59.2 Å². The maximum Gasteiger partial charge on any atom is 0.272 e. The number of nitrogens with zero attached hydrogens (tertiary/aromatic N) is 5. The van der Waals surface area contributed by atoms with E-state index >= 15 is 0 Å². The van der Waals surface area contributed by atoms with Gasteiger partial charge in [-0.1, -0.05) is 24.3 Å². The zero-order chi connectivity index (χ0) is 23.3. The highest BCUT2D eigenvalue weighted by Gasteiger charge is 2.35. The molecule has 1 amide bonds. The zero-order valence-electron chi connectivity index (χ0n) is 18.5. The lowest BCUT2D eigenvalue weighted by molar-refractivity contribution is 0.0596. The molecule has 4 aromatic rings. The molecule has 2 atom stereocenters. The summed E-state index contributed by atoms with van der Waals surface area (Å²) in [4.78, 5) is 27.1. The van der Waals surface area contributed by atoms with E-state index in [2.05, 4.69) is 20.4 Å². The van der Waals surface area contributed by atoms with E-state index in [9.17, 15) is 14.0 Å². The van der Waals surface area contributed by atoms with Gasteiger partial charge in [-0.05, 0) is 44.5 Å². The molecule has 9 heteroatoms. The first-order chi connectivity index (χ1) is 15.8. The molecular weight excluding hydrogens is 423 g/mol. The Balaban J connectivity index is 1.48. The van der Waals surface area contributed by atoms with Gasteiger partial charge in [0.2, 0.25) is 0 Å². The van der Waals surface area contributed by atoms with Crippen LogP contribution in [0, 0.1) is 12.7 Å². The smallest absolute Gasteiger partial charge is 0.272 e. The van der Waals surface area contributed by atoms with Gasteiger partial charge in [0.25, 0.3) is 11.5 Å². The molecule has 8 nitrogen and oxygen atoms in total. The summed E-state index contributed by atoms with van der Waals surface area (Å²) in [5.74, 6) is 0.524. The van der Waals surface area contributed by atoms with E-state index in [1.807, 2.05) is 37.5 Å². The molecule has 33 heavy (non-hydrogen) atoms. The average Bonchev–Trinajstić information content (AvgIpc) is 3.21. The number of halogens is 1. The first kappa shape index (κ1) is 21.0. The third-order valence-corrected chi connectivity index (χ3v) is 6.30. The molecule has 0 bridgehead atoms. The predicted octanol–water partition coefficient (Wildman–Crippen LogP) is 3.33. The van der Waals surface area contributed by atoms with E-state index in [4.69, 9.17) is 0 Å². The fraction of sp³-hybridized carbons (Fsp3) is 0.292. The second-order valence-electron chi connectivity index (χ2n) is 8.49. The Hall–Kier alpha value is -3.88. The average molecular weight is 446 g/mol. The number of benzene rings is 2. The molecule has 0 saturated carbocycles. The molecule has 1 aliphatic rings. The molecule has 2 unspecified atom stereocenters. The minimum absolute atomic E-state index is 0.00460. The monoisotopic (exact) mass is 446 g/mol. The number of hydrogen-bond acceptors (Lipinski definition) is 5. The van der Waals surface area contributed by atoms with Gasteiger partial charge in [0.15, 0.2) is 5.82 Å². The van der Waals surface area contributed by atoms with Crippen molar-refractivity contribution in [3.8, 4) is 0 Å². The Kier molecular flexibility index (Phi) is 5.03. The highest BCUT2D eigenvalue weighted by atomic mass is 19.1. The van der Waals surface area contributed by atoms with Gasteiger partial charge >= 0.3 is 0 Å². The number of H-pyrrole nitrogens is 1. The summed E-state index contributed by atoms with van der Waals surface area (Å²) >= 11 is 0. The number of carbonyl (C=O) groups is 1. The van der Waals surface area contributed by atoms with Gasteiger partial charge in [-0.25, -0.2) is 9.49 Å². The normalized spacial score (nSPS) is 17.9. The van der Waals surface area contributed by atoms with Gasteiger partial charge in [-0.15, -0.1) is 10.2 Å². The molecule has 2 aromatic carbocycles. The number of hydrogen-bond donors (Lipinski definition) is 1. The van der Waals surface area contributed by atoms with Gasteiger partial charge in [-0.3, -0.25) is 9.59 Å². The lowest BCUT2D eigenvalue weighted by Crippen LogP contribution is -2.43. The van der Waals surface area contributed by atoms with Crippen LogP contribution in [-0.4, -0.2) is 42.3 Å². The lowest BCUT2D eigenvalue weighted by Gasteiger charge is -2.37. The second kappa shape index (κ2) is 7.91. The molecular formula is C24H23FN6O2. The van der Waals surface area contributed by atoms with E-state index in [0.717, 1.165) is 16.8 Å². The van der Waals surface area contributed by atoms with E-state index < -0.39 is 5.82 Å². The first-order valence-electron chi connectivity index (χ1n) is 10.8. The highest BCUT2D eigenvalue weighted by Crippen LogP contribution is 2.31. The molecule has 1 aliphatic heterocycles. The molecule has 0 saturated heterocycles. The van der Waals surface area contributed by atoms with Crippen molar-refractivity contribution < 1.29 is 9.18 Å². The molecule has 168 valence electrons. The summed E-state index contributed by atoms with van der Waals surface area (Å²) in [5, 5.41) is 16.4. The summed E-state index contributed by atoms with van der Waals surface area (Å²) in [6.07, 6.45) is 0.345.